The molecule has 0 spiro atoms. The van der Waals surface area contributed by atoms with Crippen molar-refractivity contribution in [2.45, 2.75) is 43.8 Å². The fourth-order valence-corrected chi connectivity index (χ4v) is 4.90. The van der Waals surface area contributed by atoms with Crippen LogP contribution in [-0.4, -0.2) is 22.8 Å². The molecule has 1 amide bonds. The summed E-state index contributed by atoms with van der Waals surface area (Å²) in [6.07, 6.45) is -2.50. The van der Waals surface area contributed by atoms with E-state index in [0.717, 1.165) is 30.5 Å². The number of carbonyl (C=O) groups is 3. The summed E-state index contributed by atoms with van der Waals surface area (Å²) in [7, 11) is 0. The number of carbonyl (C=O) groups excluding carboxylic acids is 2. The SMILES string of the molecule is O=C(O)c1ccc(C2(CC(=O)c3cccc4c3N(Cc3ccc(C(F)(F)F)cc3)C(=O)C4)CC2)cc1. The van der Waals surface area contributed by atoms with Crippen LogP contribution in [0.2, 0.25) is 0 Å². The Kier molecular flexibility index (Phi) is 5.70. The zero-order valence-corrected chi connectivity index (χ0v) is 19.1. The van der Waals surface area contributed by atoms with Crippen LogP contribution < -0.4 is 4.90 Å². The monoisotopic (exact) mass is 493 g/mol. The largest absolute Gasteiger partial charge is 0.478 e. The molecule has 1 heterocycles. The summed E-state index contributed by atoms with van der Waals surface area (Å²) < 4.78 is 38.7. The summed E-state index contributed by atoms with van der Waals surface area (Å²) in [6.45, 7) is 0.0655. The van der Waals surface area contributed by atoms with E-state index in [9.17, 15) is 27.6 Å². The van der Waals surface area contributed by atoms with Crippen LogP contribution in [0.25, 0.3) is 0 Å². The van der Waals surface area contributed by atoms with Crippen LogP contribution in [0.3, 0.4) is 0 Å². The molecule has 1 N–H and O–H groups in total. The first-order valence-electron chi connectivity index (χ1n) is 11.5. The van der Waals surface area contributed by atoms with Crippen LogP contribution >= 0.6 is 0 Å². The molecule has 3 aromatic carbocycles. The number of aromatic carboxylic acids is 1. The minimum Gasteiger partial charge on any atom is -0.478 e. The maximum atomic E-state index is 13.5. The number of hydrogen-bond donors (Lipinski definition) is 1. The number of nitrogens with zero attached hydrogens (tertiary/aromatic N) is 1. The molecule has 2 aliphatic rings. The Morgan fingerprint density at radius 1 is 0.944 bits per heavy atom. The van der Waals surface area contributed by atoms with Crippen LogP contribution in [-0.2, 0) is 29.4 Å². The molecule has 1 fully saturated rings. The van der Waals surface area contributed by atoms with Crippen molar-refractivity contribution in [3.63, 3.8) is 0 Å². The highest BCUT2D eigenvalue weighted by Gasteiger charge is 2.46. The number of rotatable bonds is 7. The van der Waals surface area contributed by atoms with E-state index in [2.05, 4.69) is 0 Å². The van der Waals surface area contributed by atoms with Crippen molar-refractivity contribution in [1.82, 2.24) is 0 Å². The second-order valence-corrected chi connectivity index (χ2v) is 9.43. The van der Waals surface area contributed by atoms with E-state index >= 15 is 0 Å². The second-order valence-electron chi connectivity index (χ2n) is 9.43. The molecule has 0 aromatic heterocycles. The predicted octanol–water partition coefficient (Wildman–Crippen LogP) is 5.80. The number of carboxylic acids is 1. The van der Waals surface area contributed by atoms with Gasteiger partial charge in [-0.15, -0.1) is 0 Å². The average Bonchev–Trinajstić information content (AvgIpc) is 3.55. The fourth-order valence-electron chi connectivity index (χ4n) is 4.90. The Balaban J connectivity index is 1.40. The van der Waals surface area contributed by atoms with Crippen LogP contribution in [0, 0.1) is 0 Å². The van der Waals surface area contributed by atoms with Gasteiger partial charge in [-0.1, -0.05) is 36.4 Å². The number of carboxylic acid groups (broad SMARTS) is 1. The van der Waals surface area contributed by atoms with E-state index in [4.69, 9.17) is 5.11 Å². The van der Waals surface area contributed by atoms with E-state index < -0.39 is 17.7 Å². The lowest BCUT2D eigenvalue weighted by Crippen LogP contribution is -2.27. The molecule has 36 heavy (non-hydrogen) atoms. The Morgan fingerprint density at radius 3 is 2.19 bits per heavy atom. The van der Waals surface area contributed by atoms with Gasteiger partial charge in [0.05, 0.1) is 29.8 Å². The molecule has 1 saturated carbocycles. The number of ketones is 1. The highest BCUT2D eigenvalue weighted by Crippen LogP contribution is 2.52. The summed E-state index contributed by atoms with van der Waals surface area (Å²) in [6, 6.07) is 16.4. The quantitative estimate of drug-likeness (QED) is 0.423. The Bertz CT molecular complexity index is 1360. The van der Waals surface area contributed by atoms with Gasteiger partial charge >= 0.3 is 12.1 Å². The van der Waals surface area contributed by atoms with E-state index in [1.807, 2.05) is 0 Å². The molecular formula is C28H22F3NO4. The molecular weight excluding hydrogens is 471 g/mol. The molecule has 5 rings (SSSR count). The smallest absolute Gasteiger partial charge is 0.416 e. The molecule has 3 aromatic rings. The van der Waals surface area contributed by atoms with Crippen molar-refractivity contribution in [3.05, 3.63) is 100 Å². The van der Waals surface area contributed by atoms with E-state index in [1.165, 1.54) is 29.2 Å². The first kappa shape index (κ1) is 23.8. The maximum Gasteiger partial charge on any atom is 0.416 e. The highest BCUT2D eigenvalue weighted by atomic mass is 19.4. The molecule has 0 unspecified atom stereocenters. The van der Waals surface area contributed by atoms with Crippen molar-refractivity contribution in [3.8, 4) is 0 Å². The van der Waals surface area contributed by atoms with Gasteiger partial charge in [0, 0.05) is 17.4 Å². The van der Waals surface area contributed by atoms with E-state index in [-0.39, 0.29) is 42.1 Å². The Hall–Kier alpha value is -3.94. The predicted molar refractivity (Wildman–Crippen MR) is 126 cm³/mol. The lowest BCUT2D eigenvalue weighted by Gasteiger charge is -2.22. The van der Waals surface area contributed by atoms with Crippen LogP contribution in [0.1, 0.15) is 62.2 Å². The number of Topliss-reactive ketones (excluding diaryl/α,β-unsaturated/α-hetero) is 1. The van der Waals surface area contributed by atoms with Gasteiger partial charge < -0.3 is 10.0 Å². The molecule has 184 valence electrons. The third-order valence-corrected chi connectivity index (χ3v) is 7.05. The first-order chi connectivity index (χ1) is 17.1. The number of amides is 1. The number of fused-ring (bicyclic) bond motifs is 1. The van der Waals surface area contributed by atoms with Gasteiger partial charge in [-0.3, -0.25) is 9.59 Å². The van der Waals surface area contributed by atoms with Gasteiger partial charge in [-0.25, -0.2) is 4.79 Å². The maximum absolute atomic E-state index is 13.5. The van der Waals surface area contributed by atoms with Gasteiger partial charge in [0.2, 0.25) is 5.91 Å². The van der Waals surface area contributed by atoms with Gasteiger partial charge in [-0.05, 0) is 59.9 Å². The third-order valence-electron chi connectivity index (χ3n) is 7.05. The zero-order valence-electron chi connectivity index (χ0n) is 19.1. The summed E-state index contributed by atoms with van der Waals surface area (Å²) in [5, 5.41) is 9.14. The number of halogens is 3. The van der Waals surface area contributed by atoms with E-state index in [0.29, 0.717) is 22.4 Å². The van der Waals surface area contributed by atoms with Crippen molar-refractivity contribution in [1.29, 1.82) is 0 Å². The first-order valence-corrected chi connectivity index (χ1v) is 11.5. The van der Waals surface area contributed by atoms with Crippen molar-refractivity contribution >= 4 is 23.3 Å². The molecule has 8 heteroatoms. The second kappa shape index (κ2) is 8.62. The van der Waals surface area contributed by atoms with Gasteiger partial charge in [-0.2, -0.15) is 13.2 Å². The summed E-state index contributed by atoms with van der Waals surface area (Å²) in [4.78, 5) is 39.0. The van der Waals surface area contributed by atoms with Crippen LogP contribution in [0.4, 0.5) is 18.9 Å². The number of alkyl halides is 3. The molecule has 5 nitrogen and oxygen atoms in total. The minimum atomic E-state index is -4.44. The lowest BCUT2D eigenvalue weighted by molar-refractivity contribution is -0.137. The average molecular weight is 493 g/mol. The normalized spacial score (nSPS) is 16.1. The van der Waals surface area contributed by atoms with Gasteiger partial charge in [0.25, 0.3) is 0 Å². The third kappa shape index (κ3) is 4.39. The number of benzene rings is 3. The number of anilines is 1. The van der Waals surface area contributed by atoms with Crippen LogP contribution in [0.5, 0.6) is 0 Å². The minimum absolute atomic E-state index is 0.0655. The highest BCUT2D eigenvalue weighted by molar-refractivity contribution is 6.11. The summed E-state index contributed by atoms with van der Waals surface area (Å²) in [5.74, 6) is -1.35. The van der Waals surface area contributed by atoms with Gasteiger partial charge in [0.1, 0.15) is 0 Å². The molecule has 0 saturated heterocycles. The van der Waals surface area contributed by atoms with Crippen LogP contribution in [0.15, 0.2) is 66.7 Å². The summed E-state index contributed by atoms with van der Waals surface area (Å²) in [5.41, 5.74) is 2.14. The molecule has 0 atom stereocenters. The number of para-hydroxylation sites is 1. The topological polar surface area (TPSA) is 74.7 Å². The van der Waals surface area contributed by atoms with Gasteiger partial charge in [0.15, 0.2) is 5.78 Å². The lowest BCUT2D eigenvalue weighted by atomic mass is 9.87. The van der Waals surface area contributed by atoms with E-state index in [1.54, 1.807) is 30.3 Å². The summed E-state index contributed by atoms with van der Waals surface area (Å²) >= 11 is 0. The molecule has 0 bridgehead atoms. The molecule has 1 aliphatic carbocycles. The molecule has 0 radical (unpaired) electrons. The Morgan fingerprint density at radius 2 is 1.61 bits per heavy atom. The van der Waals surface area contributed by atoms with Crippen molar-refractivity contribution in [2.24, 2.45) is 0 Å². The fraction of sp³-hybridized carbons (Fsp3) is 0.250. The zero-order chi connectivity index (χ0) is 25.7. The van der Waals surface area contributed by atoms with Crippen molar-refractivity contribution < 1.29 is 32.7 Å². The molecule has 1 aliphatic heterocycles. The Labute approximate surface area is 205 Å². The standard InChI is InChI=1S/C28H22F3NO4/c29-28(30,31)21-8-4-17(5-9-21)16-32-24(34)14-19-2-1-3-22(25(19)32)23(33)15-27(12-13-27)20-10-6-18(7-11-20)26(35)36/h1-11H,12-16H2,(H,35,36). The van der Waals surface area contributed by atoms with Crippen molar-refractivity contribution in [2.75, 3.05) is 4.90 Å². The number of hydrogen-bond acceptors (Lipinski definition) is 3.